The Morgan fingerprint density at radius 2 is 1.92 bits per heavy atom. The van der Waals surface area contributed by atoms with Crippen LogP contribution in [-0.4, -0.2) is 43.3 Å². The van der Waals surface area contributed by atoms with Crippen molar-refractivity contribution >= 4 is 11.9 Å². The van der Waals surface area contributed by atoms with Crippen LogP contribution in [0.3, 0.4) is 0 Å². The number of nitrogens with one attached hydrogen (secondary N) is 1. The Kier molecular flexibility index (Phi) is 6.54. The number of aliphatic carboxylic acids is 1. The van der Waals surface area contributed by atoms with Crippen molar-refractivity contribution in [2.45, 2.75) is 13.0 Å². The van der Waals surface area contributed by atoms with Gasteiger partial charge in [-0.2, -0.15) is 0 Å². The molecule has 2 aromatic carbocycles. The van der Waals surface area contributed by atoms with Gasteiger partial charge in [-0.25, -0.2) is 4.79 Å². The molecule has 1 unspecified atom stereocenters. The molecular weight excluding hydrogens is 322 g/mol. The average Bonchev–Trinajstić information content (AvgIpc) is 2.62. The normalized spacial score (nSPS) is 11.6. The third kappa shape index (κ3) is 4.81. The summed E-state index contributed by atoms with van der Waals surface area (Å²) in [5, 5.41) is 11.5. The lowest BCUT2D eigenvalue weighted by Gasteiger charge is -2.13. The zero-order valence-corrected chi connectivity index (χ0v) is 14.2. The van der Waals surface area contributed by atoms with Crippen molar-refractivity contribution in [2.24, 2.45) is 0 Å². The van der Waals surface area contributed by atoms with E-state index in [0.717, 1.165) is 16.9 Å². The number of amides is 1. The molecule has 0 aromatic heterocycles. The lowest BCUT2D eigenvalue weighted by atomic mass is 10.0. The van der Waals surface area contributed by atoms with Gasteiger partial charge in [0.15, 0.2) is 6.10 Å². The van der Waals surface area contributed by atoms with Gasteiger partial charge < -0.3 is 19.9 Å². The number of carbonyl (C=O) groups is 2. The molecule has 0 radical (unpaired) electrons. The van der Waals surface area contributed by atoms with Gasteiger partial charge in [0, 0.05) is 18.2 Å². The minimum atomic E-state index is -1.12. The van der Waals surface area contributed by atoms with E-state index in [1.54, 1.807) is 18.2 Å². The van der Waals surface area contributed by atoms with Gasteiger partial charge in [0.1, 0.15) is 5.75 Å². The Balaban J connectivity index is 2.19. The first-order chi connectivity index (χ1) is 12.1. The van der Waals surface area contributed by atoms with E-state index in [4.69, 9.17) is 14.6 Å². The third-order valence-electron chi connectivity index (χ3n) is 3.63. The second kappa shape index (κ2) is 8.84. The smallest absolute Gasteiger partial charge is 0.334 e. The second-order valence-corrected chi connectivity index (χ2v) is 5.28. The van der Waals surface area contributed by atoms with Gasteiger partial charge in [0.2, 0.25) is 0 Å². The van der Waals surface area contributed by atoms with E-state index in [0.29, 0.717) is 12.2 Å². The molecule has 0 saturated carbocycles. The largest absolute Gasteiger partial charge is 0.493 e. The molecule has 0 heterocycles. The fourth-order valence-corrected chi connectivity index (χ4v) is 2.37. The first-order valence-electron chi connectivity index (χ1n) is 7.92. The van der Waals surface area contributed by atoms with Gasteiger partial charge in [-0.1, -0.05) is 30.3 Å². The molecule has 0 saturated heterocycles. The Morgan fingerprint density at radius 3 is 2.60 bits per heavy atom. The first-order valence-corrected chi connectivity index (χ1v) is 7.92. The maximum Gasteiger partial charge on any atom is 0.334 e. The minimum absolute atomic E-state index is 0.107. The molecule has 6 nitrogen and oxygen atoms in total. The number of benzene rings is 2. The topological polar surface area (TPSA) is 84.9 Å². The van der Waals surface area contributed by atoms with Crippen LogP contribution in [0.1, 0.15) is 17.3 Å². The summed E-state index contributed by atoms with van der Waals surface area (Å²) in [5.74, 6) is -0.742. The summed E-state index contributed by atoms with van der Waals surface area (Å²) >= 11 is 0. The molecule has 0 aliphatic heterocycles. The standard InChI is InChI=1S/C19H21NO5/c1-3-25-16-10-5-4-9-15(16)13-7-6-8-14(11-13)18(21)20-12-17(24-2)19(22)23/h4-11,17H,3,12H2,1-2H3,(H,20,21)(H,22,23). The maximum absolute atomic E-state index is 12.3. The van der Waals surface area contributed by atoms with Crippen molar-refractivity contribution < 1.29 is 24.2 Å². The van der Waals surface area contributed by atoms with Gasteiger partial charge in [0.25, 0.3) is 5.91 Å². The Hall–Kier alpha value is -2.86. The number of ether oxygens (including phenoxy) is 2. The molecule has 0 spiro atoms. The molecule has 2 rings (SSSR count). The van der Waals surface area contributed by atoms with Crippen LogP contribution in [0.25, 0.3) is 11.1 Å². The fourth-order valence-electron chi connectivity index (χ4n) is 2.37. The van der Waals surface area contributed by atoms with Gasteiger partial charge in [-0.15, -0.1) is 0 Å². The number of carboxylic acid groups (broad SMARTS) is 1. The van der Waals surface area contributed by atoms with E-state index in [2.05, 4.69) is 5.32 Å². The van der Waals surface area contributed by atoms with E-state index in [-0.39, 0.29) is 12.5 Å². The van der Waals surface area contributed by atoms with Gasteiger partial charge in [0.05, 0.1) is 13.2 Å². The predicted molar refractivity (Wildman–Crippen MR) is 93.8 cm³/mol. The van der Waals surface area contributed by atoms with Crippen molar-refractivity contribution in [3.63, 3.8) is 0 Å². The number of rotatable bonds is 8. The number of hydrogen-bond acceptors (Lipinski definition) is 4. The number of hydrogen-bond donors (Lipinski definition) is 2. The minimum Gasteiger partial charge on any atom is -0.493 e. The summed E-state index contributed by atoms with van der Waals surface area (Å²) in [5.41, 5.74) is 2.17. The summed E-state index contributed by atoms with van der Waals surface area (Å²) in [6, 6.07) is 14.7. The Bertz CT molecular complexity index is 744. The van der Waals surface area contributed by atoms with Gasteiger partial charge in [-0.05, 0) is 30.7 Å². The molecular formula is C19H21NO5. The zero-order valence-electron chi connectivity index (χ0n) is 14.2. The fraction of sp³-hybridized carbons (Fsp3) is 0.263. The van der Waals surface area contributed by atoms with Crippen LogP contribution >= 0.6 is 0 Å². The molecule has 0 fully saturated rings. The highest BCUT2D eigenvalue weighted by Gasteiger charge is 2.18. The number of carbonyl (C=O) groups excluding carboxylic acids is 1. The summed E-state index contributed by atoms with van der Waals surface area (Å²) in [6.07, 6.45) is -1.08. The highest BCUT2D eigenvalue weighted by Crippen LogP contribution is 2.30. The summed E-state index contributed by atoms with van der Waals surface area (Å²) in [7, 11) is 1.29. The SMILES string of the molecule is CCOc1ccccc1-c1cccc(C(=O)NCC(OC)C(=O)O)c1. The second-order valence-electron chi connectivity index (χ2n) is 5.28. The van der Waals surface area contributed by atoms with Crippen molar-refractivity contribution in [3.8, 4) is 16.9 Å². The van der Waals surface area contributed by atoms with Crippen molar-refractivity contribution in [1.29, 1.82) is 0 Å². The molecule has 1 amide bonds. The van der Waals surface area contributed by atoms with Crippen LogP contribution in [0.15, 0.2) is 48.5 Å². The maximum atomic E-state index is 12.3. The Labute approximate surface area is 146 Å². The molecule has 0 bridgehead atoms. The highest BCUT2D eigenvalue weighted by atomic mass is 16.5. The third-order valence-corrected chi connectivity index (χ3v) is 3.63. The van der Waals surface area contributed by atoms with Gasteiger partial charge >= 0.3 is 5.97 Å². The molecule has 6 heteroatoms. The summed E-state index contributed by atoms with van der Waals surface area (Å²) < 4.78 is 10.4. The van der Waals surface area contributed by atoms with Crippen LogP contribution in [0.4, 0.5) is 0 Å². The number of para-hydroxylation sites is 1. The van der Waals surface area contributed by atoms with Crippen molar-refractivity contribution in [3.05, 3.63) is 54.1 Å². The Morgan fingerprint density at radius 1 is 1.16 bits per heavy atom. The quantitative estimate of drug-likeness (QED) is 0.769. The predicted octanol–water partition coefficient (Wildman–Crippen LogP) is 2.58. The monoisotopic (exact) mass is 343 g/mol. The molecule has 0 aliphatic carbocycles. The zero-order chi connectivity index (χ0) is 18.2. The van der Waals surface area contributed by atoms with E-state index < -0.39 is 12.1 Å². The van der Waals surface area contributed by atoms with Crippen molar-refractivity contribution in [1.82, 2.24) is 5.32 Å². The summed E-state index contributed by atoms with van der Waals surface area (Å²) in [6.45, 7) is 2.35. The lowest BCUT2D eigenvalue weighted by Crippen LogP contribution is -2.37. The van der Waals surface area contributed by atoms with Crippen molar-refractivity contribution in [2.75, 3.05) is 20.3 Å². The molecule has 25 heavy (non-hydrogen) atoms. The summed E-state index contributed by atoms with van der Waals surface area (Å²) in [4.78, 5) is 23.2. The average molecular weight is 343 g/mol. The highest BCUT2D eigenvalue weighted by molar-refractivity contribution is 5.96. The van der Waals surface area contributed by atoms with Crippen LogP contribution in [0, 0.1) is 0 Å². The van der Waals surface area contributed by atoms with Crippen LogP contribution in [0.2, 0.25) is 0 Å². The first kappa shape index (κ1) is 18.5. The van der Waals surface area contributed by atoms with E-state index in [9.17, 15) is 9.59 Å². The molecule has 1 atom stereocenters. The molecule has 0 aliphatic rings. The number of carboxylic acids is 1. The van der Waals surface area contributed by atoms with Crippen LogP contribution in [0.5, 0.6) is 5.75 Å². The van der Waals surface area contributed by atoms with E-state index >= 15 is 0 Å². The van der Waals surface area contributed by atoms with E-state index in [1.165, 1.54) is 7.11 Å². The number of methoxy groups -OCH3 is 1. The van der Waals surface area contributed by atoms with Crippen LogP contribution in [-0.2, 0) is 9.53 Å². The molecule has 132 valence electrons. The lowest BCUT2D eigenvalue weighted by molar-refractivity contribution is -0.148. The van der Waals surface area contributed by atoms with Gasteiger partial charge in [-0.3, -0.25) is 4.79 Å². The molecule has 2 aromatic rings. The molecule has 2 N–H and O–H groups in total. The van der Waals surface area contributed by atoms with Crippen LogP contribution < -0.4 is 10.1 Å². The van der Waals surface area contributed by atoms with E-state index in [1.807, 2.05) is 37.3 Å².